The van der Waals surface area contributed by atoms with Gasteiger partial charge in [0.25, 0.3) is 0 Å². The third-order valence-corrected chi connectivity index (χ3v) is 6.49. The molecule has 174 valence electrons. The Kier molecular flexibility index (Phi) is 12.4. The molecule has 0 aliphatic carbocycles. The van der Waals surface area contributed by atoms with Crippen molar-refractivity contribution in [3.8, 4) is 0 Å². The minimum Gasteiger partial charge on any atom is -0.356 e. The number of sulfonamides is 1. The van der Waals surface area contributed by atoms with Crippen LogP contribution in [-0.4, -0.2) is 80.4 Å². The van der Waals surface area contributed by atoms with E-state index in [9.17, 15) is 21.6 Å². The van der Waals surface area contributed by atoms with E-state index in [0.29, 0.717) is 35.2 Å². The minimum atomic E-state index is -5.25. The first-order valence-electron chi connectivity index (χ1n) is 9.69. The Balaban J connectivity index is 0.00000784. The van der Waals surface area contributed by atoms with Gasteiger partial charge in [-0.15, -0.1) is 24.0 Å². The van der Waals surface area contributed by atoms with E-state index < -0.39 is 15.5 Å². The molecular weight excluding hydrogens is 522 g/mol. The van der Waals surface area contributed by atoms with Crippen LogP contribution in [0.5, 0.6) is 0 Å². The highest BCUT2D eigenvalue weighted by molar-refractivity contribution is 14.0. The van der Waals surface area contributed by atoms with Crippen LogP contribution in [0.25, 0.3) is 0 Å². The van der Waals surface area contributed by atoms with Gasteiger partial charge in [-0.3, -0.25) is 9.89 Å². The van der Waals surface area contributed by atoms with Crippen molar-refractivity contribution in [3.05, 3.63) is 0 Å². The molecule has 1 heterocycles. The second-order valence-electron chi connectivity index (χ2n) is 7.55. The molecule has 12 heteroatoms. The van der Waals surface area contributed by atoms with Crippen LogP contribution in [-0.2, 0) is 10.0 Å². The standard InChI is InChI=1S/C17H34F3N5O2S.HI/c1-13(2)25(14(3)4)10-6-9-22-16(21-5)23-15-7-11-24(12-8-15)28(26,27)17(18,19)20;/h13-15H,6-12H2,1-5H3,(H2,21,22,23);1H. The lowest BCUT2D eigenvalue weighted by Crippen LogP contribution is -2.51. The fourth-order valence-corrected chi connectivity index (χ4v) is 4.34. The van der Waals surface area contributed by atoms with E-state index in [1.807, 2.05) is 0 Å². The molecule has 1 fully saturated rings. The molecule has 0 radical (unpaired) electrons. The van der Waals surface area contributed by atoms with Crippen LogP contribution in [0.15, 0.2) is 4.99 Å². The van der Waals surface area contributed by atoms with Crippen molar-refractivity contribution < 1.29 is 21.6 Å². The first-order valence-corrected chi connectivity index (χ1v) is 11.1. The summed E-state index contributed by atoms with van der Waals surface area (Å²) in [7, 11) is -3.61. The molecule has 1 aliphatic heterocycles. The van der Waals surface area contributed by atoms with E-state index in [0.717, 1.165) is 19.5 Å². The minimum absolute atomic E-state index is 0. The Bertz CT molecular complexity index is 599. The number of alkyl halides is 3. The first kappa shape index (κ1) is 28.7. The fraction of sp³-hybridized carbons (Fsp3) is 0.941. The molecule has 29 heavy (non-hydrogen) atoms. The van der Waals surface area contributed by atoms with E-state index in [4.69, 9.17) is 0 Å². The smallest absolute Gasteiger partial charge is 0.356 e. The van der Waals surface area contributed by atoms with Gasteiger partial charge in [0.05, 0.1) is 0 Å². The molecule has 0 aromatic rings. The fourth-order valence-electron chi connectivity index (χ4n) is 3.36. The second kappa shape index (κ2) is 12.5. The zero-order valence-corrected chi connectivity index (χ0v) is 20.9. The van der Waals surface area contributed by atoms with E-state index >= 15 is 0 Å². The van der Waals surface area contributed by atoms with Crippen molar-refractivity contribution in [1.82, 2.24) is 19.8 Å². The van der Waals surface area contributed by atoms with E-state index in [1.54, 1.807) is 7.05 Å². The number of aliphatic imine (C=N–C) groups is 1. The molecule has 0 spiro atoms. The van der Waals surface area contributed by atoms with E-state index in [1.165, 1.54) is 0 Å². The number of guanidine groups is 1. The number of nitrogens with one attached hydrogen (secondary N) is 2. The predicted molar refractivity (Wildman–Crippen MR) is 121 cm³/mol. The van der Waals surface area contributed by atoms with Crippen molar-refractivity contribution in [3.63, 3.8) is 0 Å². The normalized spacial score (nSPS) is 17.7. The molecule has 0 aromatic carbocycles. The summed E-state index contributed by atoms with van der Waals surface area (Å²) in [5.41, 5.74) is -5.25. The molecule has 0 saturated carbocycles. The van der Waals surface area contributed by atoms with Crippen molar-refractivity contribution in [2.24, 2.45) is 4.99 Å². The lowest BCUT2D eigenvalue weighted by molar-refractivity contribution is -0.0494. The Morgan fingerprint density at radius 2 is 1.69 bits per heavy atom. The van der Waals surface area contributed by atoms with Crippen LogP contribution in [0.2, 0.25) is 0 Å². The van der Waals surface area contributed by atoms with Gasteiger partial charge in [0.2, 0.25) is 0 Å². The molecule has 1 saturated heterocycles. The Morgan fingerprint density at radius 1 is 1.17 bits per heavy atom. The molecule has 0 amide bonds. The Morgan fingerprint density at radius 3 is 2.10 bits per heavy atom. The zero-order chi connectivity index (χ0) is 21.5. The molecule has 1 rings (SSSR count). The molecule has 0 unspecified atom stereocenters. The first-order chi connectivity index (χ1) is 12.9. The van der Waals surface area contributed by atoms with Crippen LogP contribution < -0.4 is 10.6 Å². The monoisotopic (exact) mass is 557 g/mol. The van der Waals surface area contributed by atoms with Crippen LogP contribution in [0.3, 0.4) is 0 Å². The maximum absolute atomic E-state index is 12.6. The van der Waals surface area contributed by atoms with Crippen LogP contribution >= 0.6 is 24.0 Å². The number of rotatable bonds is 8. The maximum Gasteiger partial charge on any atom is 0.511 e. The van der Waals surface area contributed by atoms with Gasteiger partial charge in [0.1, 0.15) is 0 Å². The third-order valence-electron chi connectivity index (χ3n) is 4.86. The second-order valence-corrected chi connectivity index (χ2v) is 9.48. The number of hydrogen-bond acceptors (Lipinski definition) is 4. The molecule has 0 aromatic heterocycles. The number of hydrogen-bond donors (Lipinski definition) is 2. The van der Waals surface area contributed by atoms with Gasteiger partial charge < -0.3 is 10.6 Å². The van der Waals surface area contributed by atoms with Crippen LogP contribution in [0, 0.1) is 0 Å². The van der Waals surface area contributed by atoms with Gasteiger partial charge in [-0.2, -0.15) is 17.5 Å². The van der Waals surface area contributed by atoms with E-state index in [-0.39, 0.29) is 43.1 Å². The zero-order valence-electron chi connectivity index (χ0n) is 17.8. The summed E-state index contributed by atoms with van der Waals surface area (Å²) in [6.45, 7) is 10.0. The lowest BCUT2D eigenvalue weighted by Gasteiger charge is -2.33. The van der Waals surface area contributed by atoms with Gasteiger partial charge >= 0.3 is 15.5 Å². The molecule has 2 N–H and O–H groups in total. The molecule has 1 aliphatic rings. The number of halogens is 4. The SMILES string of the molecule is CN=C(NCCCN(C(C)C)C(C)C)NC1CCN(S(=O)(=O)C(F)(F)F)CC1.I. The van der Waals surface area contributed by atoms with Gasteiger partial charge in [-0.1, -0.05) is 0 Å². The number of nitrogens with zero attached hydrogens (tertiary/aromatic N) is 3. The predicted octanol–water partition coefficient (Wildman–Crippen LogP) is 2.59. The van der Waals surface area contributed by atoms with Gasteiger partial charge in [-0.05, 0) is 47.0 Å². The van der Waals surface area contributed by atoms with E-state index in [2.05, 4.69) is 48.2 Å². The summed E-state index contributed by atoms with van der Waals surface area (Å²) in [5.74, 6) is 0.581. The summed E-state index contributed by atoms with van der Waals surface area (Å²) < 4.78 is 61.3. The summed E-state index contributed by atoms with van der Waals surface area (Å²) in [5, 5.41) is 6.39. The molecule has 7 nitrogen and oxygen atoms in total. The average Bonchev–Trinajstić information content (AvgIpc) is 2.59. The van der Waals surface area contributed by atoms with Crippen molar-refractivity contribution in [2.75, 3.05) is 33.2 Å². The summed E-state index contributed by atoms with van der Waals surface area (Å²) in [6.07, 6.45) is 1.52. The Hall–Kier alpha value is -0.340. The third kappa shape index (κ3) is 8.74. The molecular formula is C17H35F3IN5O2S. The van der Waals surface area contributed by atoms with Crippen molar-refractivity contribution >= 4 is 40.0 Å². The summed E-state index contributed by atoms with van der Waals surface area (Å²) >= 11 is 0. The molecule has 0 atom stereocenters. The highest BCUT2D eigenvalue weighted by Crippen LogP contribution is 2.28. The Labute approximate surface area is 189 Å². The summed E-state index contributed by atoms with van der Waals surface area (Å²) in [6, 6.07) is 0.819. The molecule has 0 bridgehead atoms. The number of piperidine rings is 1. The summed E-state index contributed by atoms with van der Waals surface area (Å²) in [4.78, 5) is 6.54. The van der Waals surface area contributed by atoms with Gasteiger partial charge in [0.15, 0.2) is 5.96 Å². The quantitative estimate of drug-likeness (QED) is 0.208. The maximum atomic E-state index is 12.6. The van der Waals surface area contributed by atoms with Crippen molar-refractivity contribution in [2.45, 2.75) is 70.6 Å². The topological polar surface area (TPSA) is 77.0 Å². The van der Waals surface area contributed by atoms with Crippen LogP contribution in [0.4, 0.5) is 13.2 Å². The lowest BCUT2D eigenvalue weighted by atomic mass is 10.1. The van der Waals surface area contributed by atoms with Gasteiger partial charge in [-0.25, -0.2) is 8.42 Å². The van der Waals surface area contributed by atoms with Gasteiger partial charge in [0, 0.05) is 51.4 Å². The highest BCUT2D eigenvalue weighted by atomic mass is 127. The van der Waals surface area contributed by atoms with Crippen LogP contribution in [0.1, 0.15) is 47.0 Å². The highest BCUT2D eigenvalue weighted by Gasteiger charge is 2.50. The van der Waals surface area contributed by atoms with Crippen molar-refractivity contribution in [1.29, 1.82) is 0 Å². The largest absolute Gasteiger partial charge is 0.511 e. The average molecular weight is 557 g/mol.